The molecule has 3 aromatic rings. The second kappa shape index (κ2) is 14.1. The lowest BCUT2D eigenvalue weighted by molar-refractivity contribution is -0.146. The van der Waals surface area contributed by atoms with E-state index in [2.05, 4.69) is 6.92 Å². The van der Waals surface area contributed by atoms with Crippen LogP contribution in [-0.2, 0) is 9.53 Å². The lowest BCUT2D eigenvalue weighted by Crippen LogP contribution is -2.21. The molecule has 6 nitrogen and oxygen atoms in total. The number of fused-ring (bicyclic) bond motifs is 1. The van der Waals surface area contributed by atoms with Gasteiger partial charge in [-0.15, -0.1) is 0 Å². The van der Waals surface area contributed by atoms with E-state index in [-0.39, 0.29) is 11.9 Å². The second-order valence-corrected chi connectivity index (χ2v) is 9.30. The van der Waals surface area contributed by atoms with E-state index in [4.69, 9.17) is 35.3 Å². The van der Waals surface area contributed by atoms with Gasteiger partial charge in [0.05, 0.1) is 19.3 Å². The molecule has 37 heavy (non-hydrogen) atoms. The van der Waals surface area contributed by atoms with E-state index >= 15 is 0 Å². The van der Waals surface area contributed by atoms with Gasteiger partial charge in [-0.3, -0.25) is 0 Å². The third kappa shape index (κ3) is 7.08. The molecule has 0 N–H and O–H groups in total. The zero-order chi connectivity index (χ0) is 26.8. The molecule has 0 bridgehead atoms. The average Bonchev–Trinajstić information content (AvgIpc) is 2.89. The third-order valence-corrected chi connectivity index (χ3v) is 5.99. The molecular weight excluding hydrogens is 492 g/mol. The molecule has 0 aromatic heterocycles. The Morgan fingerprint density at radius 3 is 2.08 bits per heavy atom. The van der Waals surface area contributed by atoms with Crippen LogP contribution in [0.4, 0.5) is 0 Å². The van der Waals surface area contributed by atoms with E-state index in [9.17, 15) is 4.79 Å². The topological polar surface area (TPSA) is 63.2 Å². The standard InChI is InChI=1S/C30H37ClO6/c1-6-12-20(4)36-26-23-16-15-22(31)19-24(23)27(29(35-18-8-3)28(26)34-17-7-2)37-30(32)25(33-5)21-13-10-9-11-14-21/h9-11,13-16,19-20,25H,6-8,12,17-18H2,1-5H3. The molecule has 3 rings (SSSR count). The molecule has 0 saturated heterocycles. The van der Waals surface area contributed by atoms with Crippen LogP contribution in [-0.4, -0.2) is 32.4 Å². The number of hydrogen-bond donors (Lipinski definition) is 0. The maximum absolute atomic E-state index is 13.5. The number of methoxy groups -OCH3 is 1. The van der Waals surface area contributed by atoms with Gasteiger partial charge in [0.15, 0.2) is 17.6 Å². The van der Waals surface area contributed by atoms with E-state index in [1.54, 1.807) is 12.1 Å². The summed E-state index contributed by atoms with van der Waals surface area (Å²) in [6.07, 6.45) is 2.40. The minimum absolute atomic E-state index is 0.0590. The van der Waals surface area contributed by atoms with Gasteiger partial charge in [-0.2, -0.15) is 0 Å². The Kier molecular flexibility index (Phi) is 10.9. The Morgan fingerprint density at radius 1 is 0.838 bits per heavy atom. The average molecular weight is 529 g/mol. The normalized spacial score (nSPS) is 12.7. The molecule has 3 aromatic carbocycles. The minimum atomic E-state index is -0.921. The molecule has 200 valence electrons. The van der Waals surface area contributed by atoms with Gasteiger partial charge < -0.3 is 23.7 Å². The zero-order valence-electron chi connectivity index (χ0n) is 22.3. The highest BCUT2D eigenvalue weighted by atomic mass is 35.5. The summed E-state index contributed by atoms with van der Waals surface area (Å²) in [5, 5.41) is 1.81. The van der Waals surface area contributed by atoms with Crippen LogP contribution >= 0.6 is 11.6 Å². The summed E-state index contributed by atoms with van der Waals surface area (Å²) in [7, 11) is 1.48. The quantitative estimate of drug-likeness (QED) is 0.156. The van der Waals surface area contributed by atoms with Crippen molar-refractivity contribution in [2.24, 2.45) is 0 Å². The molecule has 2 atom stereocenters. The fraction of sp³-hybridized carbons (Fsp3) is 0.433. The number of ether oxygens (including phenoxy) is 5. The number of rotatable bonds is 14. The lowest BCUT2D eigenvalue weighted by atomic mass is 10.1. The van der Waals surface area contributed by atoms with Gasteiger partial charge in [-0.05, 0) is 49.9 Å². The van der Waals surface area contributed by atoms with Crippen LogP contribution in [0, 0.1) is 0 Å². The maximum atomic E-state index is 13.5. The lowest BCUT2D eigenvalue weighted by Gasteiger charge is -2.25. The molecule has 0 fully saturated rings. The van der Waals surface area contributed by atoms with E-state index in [0.717, 1.165) is 31.1 Å². The van der Waals surface area contributed by atoms with Crippen molar-refractivity contribution in [3.8, 4) is 23.0 Å². The Morgan fingerprint density at radius 2 is 1.49 bits per heavy atom. The van der Waals surface area contributed by atoms with Gasteiger partial charge in [0, 0.05) is 22.9 Å². The van der Waals surface area contributed by atoms with Crippen molar-refractivity contribution in [1.82, 2.24) is 0 Å². The molecular formula is C30H37ClO6. The molecule has 0 aliphatic rings. The van der Waals surface area contributed by atoms with Gasteiger partial charge in [0.1, 0.15) is 0 Å². The fourth-order valence-electron chi connectivity index (χ4n) is 4.06. The van der Waals surface area contributed by atoms with Gasteiger partial charge in [-0.1, -0.05) is 69.1 Å². The molecule has 2 unspecified atom stereocenters. The maximum Gasteiger partial charge on any atom is 0.345 e. The number of halogens is 1. The van der Waals surface area contributed by atoms with Crippen molar-refractivity contribution in [3.05, 3.63) is 59.1 Å². The number of benzene rings is 3. The molecule has 0 aliphatic heterocycles. The Balaban J connectivity index is 2.23. The van der Waals surface area contributed by atoms with Gasteiger partial charge in [-0.25, -0.2) is 4.79 Å². The van der Waals surface area contributed by atoms with Crippen molar-refractivity contribution in [2.75, 3.05) is 20.3 Å². The predicted octanol–water partition coefficient (Wildman–Crippen LogP) is 7.93. The summed E-state index contributed by atoms with van der Waals surface area (Å²) in [5.74, 6) is 0.948. The molecule has 0 heterocycles. The SMILES string of the molecule is CCCOc1c(OCCC)c(OC(C)CCC)c2ccc(Cl)cc2c1OC(=O)C(OC)c1ccccc1. The number of esters is 1. The molecule has 0 aliphatic carbocycles. The number of hydrogen-bond acceptors (Lipinski definition) is 6. The Bertz CT molecular complexity index is 1160. The van der Waals surface area contributed by atoms with Crippen molar-refractivity contribution < 1.29 is 28.5 Å². The summed E-state index contributed by atoms with van der Waals surface area (Å²) < 4.78 is 30.5. The van der Waals surface area contributed by atoms with Crippen LogP contribution in [0.1, 0.15) is 65.0 Å². The predicted molar refractivity (Wildman–Crippen MR) is 147 cm³/mol. The third-order valence-electron chi connectivity index (χ3n) is 5.76. The number of carbonyl (C=O) groups excluding carboxylic acids is 1. The van der Waals surface area contributed by atoms with Crippen molar-refractivity contribution in [2.45, 2.75) is 65.6 Å². The summed E-state index contributed by atoms with van der Waals surface area (Å²) in [4.78, 5) is 13.5. The second-order valence-electron chi connectivity index (χ2n) is 8.87. The summed E-state index contributed by atoms with van der Waals surface area (Å²) in [5.41, 5.74) is 0.684. The fourth-order valence-corrected chi connectivity index (χ4v) is 4.23. The minimum Gasteiger partial charge on any atom is -0.486 e. The van der Waals surface area contributed by atoms with Crippen LogP contribution in [0.3, 0.4) is 0 Å². The first-order valence-corrected chi connectivity index (χ1v) is 13.3. The first-order valence-electron chi connectivity index (χ1n) is 13.0. The van der Waals surface area contributed by atoms with Gasteiger partial charge in [0.2, 0.25) is 11.5 Å². The van der Waals surface area contributed by atoms with Crippen LogP contribution in [0.2, 0.25) is 5.02 Å². The highest BCUT2D eigenvalue weighted by Gasteiger charge is 2.30. The van der Waals surface area contributed by atoms with Gasteiger partial charge in [0.25, 0.3) is 0 Å². The number of carbonyl (C=O) groups is 1. The molecule has 0 spiro atoms. The monoisotopic (exact) mass is 528 g/mol. The van der Waals surface area contributed by atoms with Crippen molar-refractivity contribution >= 4 is 28.3 Å². The zero-order valence-corrected chi connectivity index (χ0v) is 23.1. The molecule has 7 heteroatoms. The van der Waals surface area contributed by atoms with E-state index in [1.807, 2.05) is 57.2 Å². The van der Waals surface area contributed by atoms with Crippen molar-refractivity contribution in [3.63, 3.8) is 0 Å². The van der Waals surface area contributed by atoms with E-state index in [0.29, 0.717) is 46.4 Å². The van der Waals surface area contributed by atoms with Crippen LogP contribution < -0.4 is 18.9 Å². The first-order chi connectivity index (χ1) is 17.9. The van der Waals surface area contributed by atoms with E-state index in [1.165, 1.54) is 7.11 Å². The smallest absolute Gasteiger partial charge is 0.345 e. The highest BCUT2D eigenvalue weighted by molar-refractivity contribution is 6.31. The van der Waals surface area contributed by atoms with Crippen molar-refractivity contribution in [1.29, 1.82) is 0 Å². The Labute approximate surface area is 224 Å². The summed E-state index contributed by atoms with van der Waals surface area (Å²) in [6.45, 7) is 9.01. The van der Waals surface area contributed by atoms with Crippen LogP contribution in [0.5, 0.6) is 23.0 Å². The summed E-state index contributed by atoms with van der Waals surface area (Å²) in [6, 6.07) is 14.6. The molecule has 0 radical (unpaired) electrons. The van der Waals surface area contributed by atoms with Crippen LogP contribution in [0.15, 0.2) is 48.5 Å². The highest BCUT2D eigenvalue weighted by Crippen LogP contribution is 2.52. The molecule has 0 amide bonds. The summed E-state index contributed by atoms with van der Waals surface area (Å²) >= 11 is 6.42. The Hall–Kier alpha value is -2.96. The molecule has 0 saturated carbocycles. The largest absolute Gasteiger partial charge is 0.486 e. The first kappa shape index (κ1) is 28.6. The van der Waals surface area contributed by atoms with E-state index < -0.39 is 12.1 Å². The van der Waals surface area contributed by atoms with Gasteiger partial charge >= 0.3 is 5.97 Å². The van der Waals surface area contributed by atoms with Crippen LogP contribution in [0.25, 0.3) is 10.8 Å².